The maximum absolute atomic E-state index is 13.2. The van der Waals surface area contributed by atoms with Gasteiger partial charge in [-0.05, 0) is 43.6 Å². The van der Waals surface area contributed by atoms with Crippen molar-refractivity contribution < 1.29 is 24.3 Å². The minimum absolute atomic E-state index is 0.0394. The number of aromatic hydroxyl groups is 1. The number of carbonyl (C=O) groups excluding carboxylic acids is 4. The van der Waals surface area contributed by atoms with E-state index in [1.807, 2.05) is 0 Å². The molecule has 0 atom stereocenters. The molecule has 1 N–H and O–H groups in total. The molecular weight excluding hydrogens is 458 g/mol. The van der Waals surface area contributed by atoms with Crippen LogP contribution < -0.4 is 11.2 Å². The summed E-state index contributed by atoms with van der Waals surface area (Å²) in [4.78, 5) is 77.9. The van der Waals surface area contributed by atoms with E-state index in [4.69, 9.17) is 0 Å². The molecule has 0 radical (unpaired) electrons. The molecular formula is C23H27N5O7. The topological polar surface area (TPSA) is 142 Å². The van der Waals surface area contributed by atoms with Crippen LogP contribution in [0, 0.1) is 0 Å². The Morgan fingerprint density at radius 1 is 0.857 bits per heavy atom. The third-order valence-electron chi connectivity index (χ3n) is 6.06. The van der Waals surface area contributed by atoms with Crippen LogP contribution in [-0.2, 0) is 28.5 Å². The van der Waals surface area contributed by atoms with Crippen molar-refractivity contribution in [1.82, 2.24) is 23.8 Å². The zero-order chi connectivity index (χ0) is 26.0. The van der Waals surface area contributed by atoms with Gasteiger partial charge in [-0.15, -0.1) is 0 Å². The Morgan fingerprint density at radius 3 is 2.00 bits per heavy atom. The van der Waals surface area contributed by atoms with Gasteiger partial charge in [0.1, 0.15) is 11.1 Å². The lowest BCUT2D eigenvalue weighted by Gasteiger charge is -2.29. The second-order valence-corrected chi connectivity index (χ2v) is 8.34. The number of allylic oxidation sites excluding steroid dienone is 2. The Balaban J connectivity index is 2.09. The monoisotopic (exact) mass is 485 g/mol. The summed E-state index contributed by atoms with van der Waals surface area (Å²) in [5.41, 5.74) is -1.96. The molecule has 0 spiro atoms. The van der Waals surface area contributed by atoms with Gasteiger partial charge in [-0.2, -0.15) is 0 Å². The lowest BCUT2D eigenvalue weighted by molar-refractivity contribution is -0.134. The van der Waals surface area contributed by atoms with Gasteiger partial charge in [0.15, 0.2) is 0 Å². The minimum Gasteiger partial charge on any atom is -0.494 e. The molecule has 1 aromatic rings. The highest BCUT2D eigenvalue weighted by Crippen LogP contribution is 2.19. The van der Waals surface area contributed by atoms with Gasteiger partial charge in [-0.1, -0.05) is 0 Å². The van der Waals surface area contributed by atoms with Crippen LogP contribution in [0.3, 0.4) is 0 Å². The summed E-state index contributed by atoms with van der Waals surface area (Å²) in [5, 5.41) is 10.3. The Labute approximate surface area is 200 Å². The average molecular weight is 485 g/mol. The van der Waals surface area contributed by atoms with Gasteiger partial charge < -0.3 is 10.0 Å². The SMILES string of the molecule is CN1C(=O)C(=C/C=C(/C=C/c2c(O)n(C)c(=O)n(C)c2=O)C(=O)N2CCCCC2)C(=O)N(C)C1=O. The predicted octanol–water partition coefficient (Wildman–Crippen LogP) is -0.281. The summed E-state index contributed by atoms with van der Waals surface area (Å²) in [6.07, 6.45) is 7.53. The van der Waals surface area contributed by atoms with Crippen molar-refractivity contribution in [3.05, 3.63) is 55.8 Å². The first-order valence-corrected chi connectivity index (χ1v) is 11.0. The van der Waals surface area contributed by atoms with Gasteiger partial charge in [-0.3, -0.25) is 38.1 Å². The van der Waals surface area contributed by atoms with Crippen LogP contribution in [0.25, 0.3) is 6.08 Å². The van der Waals surface area contributed by atoms with Crippen molar-refractivity contribution in [2.45, 2.75) is 19.3 Å². The summed E-state index contributed by atoms with van der Waals surface area (Å²) in [6.45, 7) is 1.04. The Hall–Kier alpha value is -4.22. The maximum atomic E-state index is 13.2. The zero-order valence-corrected chi connectivity index (χ0v) is 20.0. The fourth-order valence-corrected chi connectivity index (χ4v) is 3.82. The molecule has 2 aliphatic heterocycles. The number of amides is 5. The zero-order valence-electron chi connectivity index (χ0n) is 20.0. The number of imide groups is 2. The molecule has 3 rings (SSSR count). The van der Waals surface area contributed by atoms with E-state index in [9.17, 15) is 33.9 Å². The molecule has 1 aromatic heterocycles. The van der Waals surface area contributed by atoms with Gasteiger partial charge in [0.05, 0.1) is 0 Å². The highest BCUT2D eigenvalue weighted by molar-refractivity contribution is 6.28. The smallest absolute Gasteiger partial charge is 0.333 e. The number of hydrogen-bond donors (Lipinski definition) is 1. The average Bonchev–Trinajstić information content (AvgIpc) is 2.87. The van der Waals surface area contributed by atoms with Crippen molar-refractivity contribution in [3.63, 3.8) is 0 Å². The van der Waals surface area contributed by atoms with Crippen molar-refractivity contribution in [2.24, 2.45) is 14.1 Å². The Morgan fingerprint density at radius 2 is 1.43 bits per heavy atom. The van der Waals surface area contributed by atoms with E-state index < -0.39 is 40.9 Å². The summed E-state index contributed by atoms with van der Waals surface area (Å²) >= 11 is 0. The Bertz CT molecular complexity index is 1280. The van der Waals surface area contributed by atoms with Crippen molar-refractivity contribution >= 4 is 29.8 Å². The van der Waals surface area contributed by atoms with E-state index in [-0.39, 0.29) is 16.7 Å². The summed E-state index contributed by atoms with van der Waals surface area (Å²) in [5.74, 6) is -2.59. The van der Waals surface area contributed by atoms with Crippen LogP contribution in [0.1, 0.15) is 24.8 Å². The number of likely N-dealkylation sites (N-methyl/N-ethyl adjacent to an activating group) is 2. The third kappa shape index (κ3) is 4.72. The summed E-state index contributed by atoms with van der Waals surface area (Å²) in [6, 6.07) is -0.772. The van der Waals surface area contributed by atoms with Gasteiger partial charge in [-0.25, -0.2) is 9.59 Å². The molecule has 12 nitrogen and oxygen atoms in total. The largest absolute Gasteiger partial charge is 0.494 e. The van der Waals surface area contributed by atoms with E-state index in [2.05, 4.69) is 0 Å². The number of aromatic nitrogens is 2. The maximum Gasteiger partial charge on any atom is 0.333 e. The number of carbonyl (C=O) groups is 4. The van der Waals surface area contributed by atoms with Crippen LogP contribution in [-0.4, -0.2) is 79.9 Å². The summed E-state index contributed by atoms with van der Waals surface area (Å²) in [7, 11) is 5.03. The van der Waals surface area contributed by atoms with Crippen LogP contribution in [0.15, 0.2) is 39.0 Å². The number of likely N-dealkylation sites (tertiary alicyclic amines) is 1. The lowest BCUT2D eigenvalue weighted by atomic mass is 10.1. The van der Waals surface area contributed by atoms with Gasteiger partial charge in [0.2, 0.25) is 5.88 Å². The molecule has 0 bridgehead atoms. The fourth-order valence-electron chi connectivity index (χ4n) is 3.82. The number of barbiturate groups is 1. The van der Waals surface area contributed by atoms with Crippen LogP contribution >= 0.6 is 0 Å². The van der Waals surface area contributed by atoms with E-state index in [0.717, 1.165) is 44.3 Å². The molecule has 5 amide bonds. The standard InChI is InChI=1S/C23H27N5O7/c1-24-18(30)15(19(31)25(2)22(24)34)10-8-14(17(29)28-12-6-5-7-13-28)9-11-16-20(32)26(3)23(35)27(4)21(16)33/h8-11,30H,5-7,12-13H2,1-4H3/b10-8+,14-9-. The second-order valence-electron chi connectivity index (χ2n) is 8.34. The number of piperidine rings is 1. The molecule has 0 saturated carbocycles. The van der Waals surface area contributed by atoms with Crippen LogP contribution in [0.4, 0.5) is 4.79 Å². The first kappa shape index (κ1) is 25.4. The second kappa shape index (κ2) is 9.95. The van der Waals surface area contributed by atoms with Crippen LogP contribution in [0.2, 0.25) is 0 Å². The quantitative estimate of drug-likeness (QED) is 0.351. The molecule has 12 heteroatoms. The predicted molar refractivity (Wildman–Crippen MR) is 125 cm³/mol. The third-order valence-corrected chi connectivity index (χ3v) is 6.06. The first-order valence-electron chi connectivity index (χ1n) is 11.0. The molecule has 2 aliphatic rings. The number of hydrogen-bond acceptors (Lipinski definition) is 7. The first-order chi connectivity index (χ1) is 16.5. The molecule has 35 heavy (non-hydrogen) atoms. The minimum atomic E-state index is -0.812. The number of rotatable bonds is 4. The van der Waals surface area contributed by atoms with E-state index in [1.54, 1.807) is 4.90 Å². The molecule has 0 aliphatic carbocycles. The lowest BCUT2D eigenvalue weighted by Crippen LogP contribution is -2.53. The molecule has 2 saturated heterocycles. The van der Waals surface area contributed by atoms with Gasteiger partial charge >= 0.3 is 11.7 Å². The molecule has 2 fully saturated rings. The number of nitrogens with zero attached hydrogens (tertiary/aromatic N) is 5. The fraction of sp³-hybridized carbons (Fsp3) is 0.391. The van der Waals surface area contributed by atoms with Crippen LogP contribution in [0.5, 0.6) is 5.88 Å². The Kier molecular flexibility index (Phi) is 7.22. The molecule has 186 valence electrons. The summed E-state index contributed by atoms with van der Waals surface area (Å²) < 4.78 is 1.71. The van der Waals surface area contributed by atoms with E-state index >= 15 is 0 Å². The van der Waals surface area contributed by atoms with E-state index in [1.165, 1.54) is 46.4 Å². The molecule has 3 heterocycles. The van der Waals surface area contributed by atoms with Crippen molar-refractivity contribution in [2.75, 3.05) is 27.2 Å². The highest BCUT2D eigenvalue weighted by Gasteiger charge is 2.37. The van der Waals surface area contributed by atoms with Gasteiger partial charge in [0.25, 0.3) is 23.3 Å². The molecule has 0 unspecified atom stereocenters. The molecule has 0 aromatic carbocycles. The van der Waals surface area contributed by atoms with Crippen molar-refractivity contribution in [1.29, 1.82) is 0 Å². The van der Waals surface area contributed by atoms with Crippen molar-refractivity contribution in [3.8, 4) is 5.88 Å². The van der Waals surface area contributed by atoms with E-state index in [0.29, 0.717) is 13.1 Å². The number of urea groups is 1. The van der Waals surface area contributed by atoms with Gasteiger partial charge in [0, 0.05) is 46.9 Å². The highest BCUT2D eigenvalue weighted by atomic mass is 16.3. The normalized spacial score (nSPS) is 17.6.